The molecule has 1 saturated heterocycles. The van der Waals surface area contributed by atoms with Crippen LogP contribution in [0.25, 0.3) is 10.9 Å². The van der Waals surface area contributed by atoms with Gasteiger partial charge in [0.05, 0.1) is 0 Å². The molecule has 0 saturated carbocycles. The van der Waals surface area contributed by atoms with Crippen molar-refractivity contribution in [3.05, 3.63) is 30.0 Å². The van der Waals surface area contributed by atoms with E-state index in [4.69, 9.17) is 4.74 Å². The third kappa shape index (κ3) is 2.85. The first-order valence-electron chi connectivity index (χ1n) is 6.97. The predicted molar refractivity (Wildman–Crippen MR) is 78.3 cm³/mol. The molecule has 0 radical (unpaired) electrons. The number of H-pyrrole nitrogens is 1. The Morgan fingerprint density at radius 2 is 2.05 bits per heavy atom. The summed E-state index contributed by atoms with van der Waals surface area (Å²) in [6, 6.07) is 7.00. The molecule has 112 valence electrons. The lowest BCUT2D eigenvalue weighted by Crippen LogP contribution is -2.47. The van der Waals surface area contributed by atoms with Gasteiger partial charge in [0.2, 0.25) is 6.86 Å². The molecular formula is C15H18FN3O2. The number of hydrogen-bond donors (Lipinski definition) is 1. The molecule has 1 aromatic heterocycles. The van der Waals surface area contributed by atoms with Gasteiger partial charge >= 0.3 is 0 Å². The van der Waals surface area contributed by atoms with Crippen LogP contribution in [0, 0.1) is 0 Å². The minimum absolute atomic E-state index is 0.00672. The molecule has 1 aliphatic heterocycles. The Morgan fingerprint density at radius 3 is 2.76 bits per heavy atom. The smallest absolute Gasteiger partial charge is 0.270 e. The number of likely N-dealkylation sites (N-methyl/N-ethyl adjacent to an activating group) is 1. The van der Waals surface area contributed by atoms with Crippen LogP contribution in [-0.2, 0) is 0 Å². The van der Waals surface area contributed by atoms with Gasteiger partial charge in [0.15, 0.2) is 0 Å². The molecule has 1 aromatic carbocycles. The summed E-state index contributed by atoms with van der Waals surface area (Å²) >= 11 is 0. The van der Waals surface area contributed by atoms with Gasteiger partial charge in [-0.25, -0.2) is 4.39 Å². The van der Waals surface area contributed by atoms with Gasteiger partial charge in [0.25, 0.3) is 5.91 Å². The first-order chi connectivity index (χ1) is 10.2. The van der Waals surface area contributed by atoms with Crippen LogP contribution in [0.2, 0.25) is 0 Å². The molecule has 0 bridgehead atoms. The lowest BCUT2D eigenvalue weighted by atomic mass is 10.2. The quantitative estimate of drug-likeness (QED) is 0.939. The topological polar surface area (TPSA) is 48.6 Å². The van der Waals surface area contributed by atoms with Crippen molar-refractivity contribution in [3.63, 3.8) is 0 Å². The van der Waals surface area contributed by atoms with E-state index < -0.39 is 6.86 Å². The lowest BCUT2D eigenvalue weighted by Gasteiger charge is -2.32. The first-order valence-corrected chi connectivity index (χ1v) is 6.97. The molecule has 0 atom stereocenters. The van der Waals surface area contributed by atoms with E-state index in [2.05, 4.69) is 16.9 Å². The van der Waals surface area contributed by atoms with Crippen molar-refractivity contribution < 1.29 is 13.9 Å². The summed E-state index contributed by atoms with van der Waals surface area (Å²) in [5, 5.41) is 0.846. The molecule has 1 N–H and O–H groups in total. The van der Waals surface area contributed by atoms with E-state index in [-0.39, 0.29) is 5.91 Å². The van der Waals surface area contributed by atoms with Gasteiger partial charge in [-0.05, 0) is 31.3 Å². The zero-order valence-corrected chi connectivity index (χ0v) is 11.9. The fourth-order valence-electron chi connectivity index (χ4n) is 2.56. The number of carbonyl (C=O) groups is 1. The zero-order valence-electron chi connectivity index (χ0n) is 11.9. The zero-order chi connectivity index (χ0) is 14.8. The SMILES string of the molecule is CN1CCN(C(=O)c2cc3cc(OCF)ccc3[nH]2)CC1. The van der Waals surface area contributed by atoms with Gasteiger partial charge in [-0.1, -0.05) is 0 Å². The molecule has 21 heavy (non-hydrogen) atoms. The molecule has 2 heterocycles. The van der Waals surface area contributed by atoms with Crippen LogP contribution >= 0.6 is 0 Å². The molecule has 0 spiro atoms. The number of aromatic amines is 1. The van der Waals surface area contributed by atoms with Crippen LogP contribution in [0.3, 0.4) is 0 Å². The van der Waals surface area contributed by atoms with E-state index in [1.165, 1.54) is 0 Å². The van der Waals surface area contributed by atoms with Crippen molar-refractivity contribution in [3.8, 4) is 5.75 Å². The van der Waals surface area contributed by atoms with Gasteiger partial charge < -0.3 is 19.5 Å². The van der Waals surface area contributed by atoms with E-state index in [9.17, 15) is 9.18 Å². The monoisotopic (exact) mass is 291 g/mol. The van der Waals surface area contributed by atoms with E-state index in [0.29, 0.717) is 11.4 Å². The molecule has 2 aromatic rings. The number of alkyl halides is 1. The average Bonchev–Trinajstić information content (AvgIpc) is 2.91. The van der Waals surface area contributed by atoms with E-state index in [1.54, 1.807) is 24.3 Å². The fraction of sp³-hybridized carbons (Fsp3) is 0.400. The van der Waals surface area contributed by atoms with E-state index >= 15 is 0 Å². The second-order valence-electron chi connectivity index (χ2n) is 5.28. The number of carbonyl (C=O) groups excluding carboxylic acids is 1. The van der Waals surface area contributed by atoms with Crippen LogP contribution in [0.15, 0.2) is 24.3 Å². The molecule has 1 fully saturated rings. The second kappa shape index (κ2) is 5.73. The number of amides is 1. The normalized spacial score (nSPS) is 16.4. The highest BCUT2D eigenvalue weighted by atomic mass is 19.1. The third-order valence-electron chi connectivity index (χ3n) is 3.83. The van der Waals surface area contributed by atoms with Gasteiger partial charge in [-0.15, -0.1) is 0 Å². The number of aromatic nitrogens is 1. The van der Waals surface area contributed by atoms with E-state index in [0.717, 1.165) is 37.1 Å². The van der Waals surface area contributed by atoms with Crippen molar-refractivity contribution >= 4 is 16.8 Å². The molecule has 1 aliphatic rings. The predicted octanol–water partition coefficient (Wildman–Crippen LogP) is 1.86. The minimum atomic E-state index is -0.858. The van der Waals surface area contributed by atoms with Crippen LogP contribution in [0.1, 0.15) is 10.5 Å². The van der Waals surface area contributed by atoms with Crippen molar-refractivity contribution in [1.29, 1.82) is 0 Å². The van der Waals surface area contributed by atoms with Gasteiger partial charge in [-0.2, -0.15) is 0 Å². The number of ether oxygens (including phenoxy) is 1. The van der Waals surface area contributed by atoms with Crippen LogP contribution in [-0.4, -0.2) is 60.8 Å². The number of nitrogens with one attached hydrogen (secondary N) is 1. The summed E-state index contributed by atoms with van der Waals surface area (Å²) in [7, 11) is 2.05. The molecule has 1 amide bonds. The van der Waals surface area contributed by atoms with Crippen LogP contribution in [0.4, 0.5) is 4.39 Å². The maximum atomic E-state index is 12.5. The number of benzene rings is 1. The standard InChI is InChI=1S/C15H18FN3O2/c1-18-4-6-19(7-5-18)15(20)14-9-11-8-12(21-10-16)2-3-13(11)17-14/h2-3,8-9,17H,4-7,10H2,1H3. The van der Waals surface area contributed by atoms with Gasteiger partial charge in [-0.3, -0.25) is 4.79 Å². The highest BCUT2D eigenvalue weighted by molar-refractivity contribution is 5.98. The number of fused-ring (bicyclic) bond motifs is 1. The first kappa shape index (κ1) is 13.9. The minimum Gasteiger partial charge on any atom is -0.463 e. The van der Waals surface area contributed by atoms with Gasteiger partial charge in [0.1, 0.15) is 11.4 Å². The average molecular weight is 291 g/mol. The molecule has 0 aliphatic carbocycles. The Labute approximate surface area is 122 Å². The summed E-state index contributed by atoms with van der Waals surface area (Å²) in [4.78, 5) is 19.6. The number of nitrogens with zero attached hydrogens (tertiary/aromatic N) is 2. The highest BCUT2D eigenvalue weighted by Crippen LogP contribution is 2.22. The summed E-state index contributed by atoms with van der Waals surface area (Å²) in [6.45, 7) is 2.39. The fourth-order valence-corrected chi connectivity index (χ4v) is 2.56. The second-order valence-corrected chi connectivity index (χ2v) is 5.28. The molecule has 5 nitrogen and oxygen atoms in total. The van der Waals surface area contributed by atoms with E-state index in [1.807, 2.05) is 4.90 Å². The third-order valence-corrected chi connectivity index (χ3v) is 3.83. The van der Waals surface area contributed by atoms with Crippen molar-refractivity contribution in [2.75, 3.05) is 40.1 Å². The highest BCUT2D eigenvalue weighted by Gasteiger charge is 2.21. The van der Waals surface area contributed by atoms with Crippen molar-refractivity contribution in [2.45, 2.75) is 0 Å². The molecule has 3 rings (SSSR count). The summed E-state index contributed by atoms with van der Waals surface area (Å²) in [5.41, 5.74) is 1.41. The summed E-state index contributed by atoms with van der Waals surface area (Å²) in [5.74, 6) is 0.467. The van der Waals surface area contributed by atoms with Crippen molar-refractivity contribution in [1.82, 2.24) is 14.8 Å². The largest absolute Gasteiger partial charge is 0.463 e. The maximum Gasteiger partial charge on any atom is 0.270 e. The van der Waals surface area contributed by atoms with Crippen LogP contribution < -0.4 is 4.74 Å². The molecule has 0 unspecified atom stereocenters. The number of piperazine rings is 1. The Morgan fingerprint density at radius 1 is 1.29 bits per heavy atom. The number of halogens is 1. The van der Waals surface area contributed by atoms with Gasteiger partial charge in [0, 0.05) is 37.1 Å². The van der Waals surface area contributed by atoms with Crippen molar-refractivity contribution in [2.24, 2.45) is 0 Å². The summed E-state index contributed by atoms with van der Waals surface area (Å²) < 4.78 is 17.0. The maximum absolute atomic E-state index is 12.5. The van der Waals surface area contributed by atoms with Crippen LogP contribution in [0.5, 0.6) is 5.75 Å². The Hall–Kier alpha value is -2.08. The number of hydrogen-bond acceptors (Lipinski definition) is 3. The molecular weight excluding hydrogens is 273 g/mol. The lowest BCUT2D eigenvalue weighted by molar-refractivity contribution is 0.0659. The Balaban J connectivity index is 1.81. The summed E-state index contributed by atoms with van der Waals surface area (Å²) in [6.07, 6.45) is 0. The molecule has 6 heteroatoms. The Kier molecular flexibility index (Phi) is 3.79. The number of rotatable bonds is 3. The Bertz CT molecular complexity index is 647.